The first-order valence-corrected chi connectivity index (χ1v) is 8.40. The lowest BCUT2D eigenvalue weighted by molar-refractivity contribution is -0.144. The molecule has 0 spiro atoms. The molecule has 0 amide bonds. The third-order valence-corrected chi connectivity index (χ3v) is 4.30. The van der Waals surface area contributed by atoms with Crippen molar-refractivity contribution in [1.29, 1.82) is 0 Å². The third-order valence-electron chi connectivity index (χ3n) is 4.30. The van der Waals surface area contributed by atoms with Gasteiger partial charge in [0.25, 0.3) is 0 Å². The van der Waals surface area contributed by atoms with Gasteiger partial charge in [-0.1, -0.05) is 85.0 Å². The monoisotopic (exact) mass is 270 g/mol. The van der Waals surface area contributed by atoms with E-state index >= 15 is 0 Å². The summed E-state index contributed by atoms with van der Waals surface area (Å²) in [6.45, 7) is 6.46. The van der Waals surface area contributed by atoms with Crippen LogP contribution in [0.5, 0.6) is 0 Å². The fourth-order valence-electron chi connectivity index (χ4n) is 2.92. The molecule has 0 rings (SSSR count). The van der Waals surface area contributed by atoms with Crippen LogP contribution in [0.25, 0.3) is 0 Å². The van der Waals surface area contributed by atoms with E-state index in [1.54, 1.807) is 0 Å². The average molecular weight is 270 g/mol. The Labute approximate surface area is 120 Å². The number of hydrogen-bond acceptors (Lipinski definition) is 1. The second-order valence-electron chi connectivity index (χ2n) is 5.78. The molecule has 114 valence electrons. The van der Waals surface area contributed by atoms with Gasteiger partial charge in [-0.2, -0.15) is 0 Å². The Morgan fingerprint density at radius 2 is 1.32 bits per heavy atom. The molecule has 2 heteroatoms. The zero-order chi connectivity index (χ0) is 14.5. The van der Waals surface area contributed by atoms with Crippen LogP contribution < -0.4 is 0 Å². The summed E-state index contributed by atoms with van der Waals surface area (Å²) in [4.78, 5) is 11.3. The maximum atomic E-state index is 11.3. The van der Waals surface area contributed by atoms with Gasteiger partial charge in [-0.15, -0.1) is 0 Å². The Balaban J connectivity index is 3.68. The summed E-state index contributed by atoms with van der Waals surface area (Å²) in [6.07, 6.45) is 13.1. The zero-order valence-corrected chi connectivity index (χ0v) is 13.3. The maximum Gasteiger partial charge on any atom is 0.306 e. The van der Waals surface area contributed by atoms with E-state index in [2.05, 4.69) is 20.8 Å². The van der Waals surface area contributed by atoms with Crippen LogP contribution in [0.3, 0.4) is 0 Å². The van der Waals surface area contributed by atoms with Crippen LogP contribution in [0, 0.1) is 11.8 Å². The summed E-state index contributed by atoms with van der Waals surface area (Å²) in [5.41, 5.74) is 0. The van der Waals surface area contributed by atoms with Crippen LogP contribution in [0.15, 0.2) is 0 Å². The predicted octanol–water partition coefficient (Wildman–Crippen LogP) is 5.65. The summed E-state index contributed by atoms with van der Waals surface area (Å²) in [7, 11) is 0. The fraction of sp³-hybridized carbons (Fsp3) is 0.941. The largest absolute Gasteiger partial charge is 0.481 e. The highest BCUT2D eigenvalue weighted by Gasteiger charge is 2.24. The molecule has 0 aliphatic carbocycles. The molecular weight excluding hydrogens is 236 g/mol. The standard InChI is InChI=1S/C17H34O2/c1-4-7-8-9-10-11-12-13-14-16(17(18)19)15(5-2)6-3/h15-16H,4-14H2,1-3H3,(H,18,19). The van der Waals surface area contributed by atoms with Gasteiger partial charge in [-0.25, -0.2) is 0 Å². The Morgan fingerprint density at radius 1 is 0.842 bits per heavy atom. The summed E-state index contributed by atoms with van der Waals surface area (Å²) < 4.78 is 0. The van der Waals surface area contributed by atoms with Crippen molar-refractivity contribution < 1.29 is 9.90 Å². The molecule has 0 aromatic heterocycles. The lowest BCUT2D eigenvalue weighted by Crippen LogP contribution is -2.22. The van der Waals surface area contributed by atoms with Crippen molar-refractivity contribution >= 4 is 5.97 Å². The van der Waals surface area contributed by atoms with E-state index in [4.69, 9.17) is 0 Å². The molecule has 0 aromatic carbocycles. The lowest BCUT2D eigenvalue weighted by Gasteiger charge is -2.21. The van der Waals surface area contributed by atoms with Gasteiger partial charge in [0.1, 0.15) is 0 Å². The van der Waals surface area contributed by atoms with E-state index in [0.29, 0.717) is 5.92 Å². The van der Waals surface area contributed by atoms with Crippen molar-refractivity contribution in [3.63, 3.8) is 0 Å². The van der Waals surface area contributed by atoms with Crippen LogP contribution in [-0.4, -0.2) is 11.1 Å². The third kappa shape index (κ3) is 9.07. The van der Waals surface area contributed by atoms with E-state index < -0.39 is 5.97 Å². The molecule has 0 saturated heterocycles. The number of carboxylic acid groups (broad SMARTS) is 1. The maximum absolute atomic E-state index is 11.3. The molecule has 0 heterocycles. The first kappa shape index (κ1) is 18.5. The van der Waals surface area contributed by atoms with Crippen LogP contribution in [0.4, 0.5) is 0 Å². The molecule has 1 unspecified atom stereocenters. The fourth-order valence-corrected chi connectivity index (χ4v) is 2.92. The van der Waals surface area contributed by atoms with Gasteiger partial charge in [0.05, 0.1) is 5.92 Å². The highest BCUT2D eigenvalue weighted by molar-refractivity contribution is 5.70. The molecule has 1 N–H and O–H groups in total. The number of carbonyl (C=O) groups is 1. The van der Waals surface area contributed by atoms with Crippen LogP contribution in [-0.2, 0) is 4.79 Å². The summed E-state index contributed by atoms with van der Waals surface area (Å²) in [5, 5.41) is 9.31. The number of rotatable bonds is 13. The Kier molecular flexibility index (Phi) is 12.2. The first-order chi connectivity index (χ1) is 9.17. The number of hydrogen-bond donors (Lipinski definition) is 1. The quantitative estimate of drug-likeness (QED) is 0.439. The van der Waals surface area contributed by atoms with Crippen molar-refractivity contribution in [2.24, 2.45) is 11.8 Å². The molecule has 0 radical (unpaired) electrons. The van der Waals surface area contributed by atoms with Crippen molar-refractivity contribution in [2.75, 3.05) is 0 Å². The van der Waals surface area contributed by atoms with Gasteiger partial charge >= 0.3 is 5.97 Å². The first-order valence-electron chi connectivity index (χ1n) is 8.40. The molecule has 2 nitrogen and oxygen atoms in total. The van der Waals surface area contributed by atoms with Crippen molar-refractivity contribution in [2.45, 2.75) is 91.4 Å². The molecule has 0 aliphatic rings. The molecule has 0 saturated carbocycles. The number of carboxylic acids is 1. The van der Waals surface area contributed by atoms with Gasteiger partial charge in [0, 0.05) is 0 Å². The van der Waals surface area contributed by atoms with Crippen LogP contribution >= 0.6 is 0 Å². The highest BCUT2D eigenvalue weighted by atomic mass is 16.4. The molecule has 0 aromatic rings. The Bertz CT molecular complexity index is 209. The molecule has 0 aliphatic heterocycles. The minimum atomic E-state index is -0.586. The second kappa shape index (κ2) is 12.5. The molecule has 0 fully saturated rings. The average Bonchev–Trinajstić information content (AvgIpc) is 2.40. The minimum absolute atomic E-state index is 0.116. The van der Waals surface area contributed by atoms with Gasteiger partial charge in [-0.05, 0) is 12.3 Å². The molecular formula is C17H34O2. The number of aliphatic carboxylic acids is 1. The topological polar surface area (TPSA) is 37.3 Å². The number of unbranched alkanes of at least 4 members (excludes halogenated alkanes) is 7. The Hall–Kier alpha value is -0.530. The van der Waals surface area contributed by atoms with E-state index in [1.807, 2.05) is 0 Å². The van der Waals surface area contributed by atoms with E-state index in [-0.39, 0.29) is 5.92 Å². The molecule has 1 atom stereocenters. The van der Waals surface area contributed by atoms with Crippen LogP contribution in [0.2, 0.25) is 0 Å². The van der Waals surface area contributed by atoms with E-state index in [1.165, 1.54) is 44.9 Å². The summed E-state index contributed by atoms with van der Waals surface area (Å²) >= 11 is 0. The lowest BCUT2D eigenvalue weighted by atomic mass is 9.84. The van der Waals surface area contributed by atoms with Crippen LogP contribution in [0.1, 0.15) is 91.4 Å². The summed E-state index contributed by atoms with van der Waals surface area (Å²) in [6, 6.07) is 0. The van der Waals surface area contributed by atoms with Crippen molar-refractivity contribution in [3.8, 4) is 0 Å². The molecule has 0 bridgehead atoms. The summed E-state index contributed by atoms with van der Waals surface area (Å²) in [5.74, 6) is -0.339. The normalized spacial score (nSPS) is 12.8. The van der Waals surface area contributed by atoms with E-state index in [9.17, 15) is 9.90 Å². The minimum Gasteiger partial charge on any atom is -0.481 e. The van der Waals surface area contributed by atoms with Gasteiger partial charge in [0.2, 0.25) is 0 Å². The SMILES string of the molecule is CCCCCCCCCCC(C(=O)O)C(CC)CC. The Morgan fingerprint density at radius 3 is 1.74 bits per heavy atom. The molecule has 19 heavy (non-hydrogen) atoms. The highest BCUT2D eigenvalue weighted by Crippen LogP contribution is 2.25. The van der Waals surface area contributed by atoms with Crippen molar-refractivity contribution in [3.05, 3.63) is 0 Å². The smallest absolute Gasteiger partial charge is 0.306 e. The van der Waals surface area contributed by atoms with E-state index in [0.717, 1.165) is 25.7 Å². The van der Waals surface area contributed by atoms with Gasteiger partial charge < -0.3 is 5.11 Å². The zero-order valence-electron chi connectivity index (χ0n) is 13.3. The predicted molar refractivity (Wildman–Crippen MR) is 82.4 cm³/mol. The second-order valence-corrected chi connectivity index (χ2v) is 5.78. The van der Waals surface area contributed by atoms with Gasteiger partial charge in [0.15, 0.2) is 0 Å². The van der Waals surface area contributed by atoms with Gasteiger partial charge in [-0.3, -0.25) is 4.79 Å². The van der Waals surface area contributed by atoms with Crippen molar-refractivity contribution in [1.82, 2.24) is 0 Å².